The normalized spacial score (nSPS) is 11.3. The van der Waals surface area contributed by atoms with E-state index in [1.54, 1.807) is 55.3 Å². The number of benzene rings is 3. The summed E-state index contributed by atoms with van der Waals surface area (Å²) in [6.07, 6.45) is 0.751. The minimum atomic E-state index is -3.79. The first-order valence-electron chi connectivity index (χ1n) is 12.3. The number of rotatable bonds is 11. The van der Waals surface area contributed by atoms with Gasteiger partial charge in [-0.05, 0) is 82.5 Å². The quantitative estimate of drug-likeness (QED) is 0.229. The van der Waals surface area contributed by atoms with E-state index < -0.39 is 10.0 Å². The SMILES string of the molecule is CCN(c1ccccc1)S(=O)(=O)c1ccc(C(=O)N(CCCN(C)C)c2nc3c(OC)cccc3s2)cc1.Cl. The fraction of sp³-hybridized carbons (Fsp3) is 0.286. The standard InChI is InChI=1S/C28H32N4O4S2.ClH/c1-5-32(22-11-7-6-8-12-22)38(34,35)23-17-15-21(16-18-23)27(33)31(20-10-19-30(2)3)28-29-26-24(36-4)13-9-14-25(26)37-28;/h6-9,11-18H,5,10,19-20H2,1-4H3;1H. The summed E-state index contributed by atoms with van der Waals surface area (Å²) in [6.45, 7) is 3.35. The van der Waals surface area contributed by atoms with Gasteiger partial charge in [-0.3, -0.25) is 14.0 Å². The van der Waals surface area contributed by atoms with Crippen LogP contribution in [0.15, 0.2) is 77.7 Å². The summed E-state index contributed by atoms with van der Waals surface area (Å²) in [7, 11) is 1.79. The molecule has 1 amide bonds. The molecule has 3 aromatic carbocycles. The zero-order valence-corrected chi connectivity index (χ0v) is 24.9. The van der Waals surface area contributed by atoms with Crippen LogP contribution in [0, 0.1) is 0 Å². The lowest BCUT2D eigenvalue weighted by atomic mass is 10.2. The molecule has 0 N–H and O–H groups in total. The Morgan fingerprint density at radius 1 is 0.949 bits per heavy atom. The van der Waals surface area contributed by atoms with Gasteiger partial charge >= 0.3 is 0 Å². The third-order valence-electron chi connectivity index (χ3n) is 6.07. The van der Waals surface area contributed by atoms with E-state index in [4.69, 9.17) is 9.72 Å². The Morgan fingerprint density at radius 3 is 2.26 bits per heavy atom. The van der Waals surface area contributed by atoms with Crippen molar-refractivity contribution < 1.29 is 17.9 Å². The Morgan fingerprint density at radius 2 is 1.64 bits per heavy atom. The number of para-hydroxylation sites is 2. The summed E-state index contributed by atoms with van der Waals surface area (Å²) in [4.78, 5) is 22.3. The second-order valence-corrected chi connectivity index (χ2v) is 11.8. The van der Waals surface area contributed by atoms with Crippen molar-refractivity contribution in [2.45, 2.75) is 18.2 Å². The van der Waals surface area contributed by atoms with Crippen LogP contribution in [0.2, 0.25) is 0 Å². The van der Waals surface area contributed by atoms with Crippen molar-refractivity contribution >= 4 is 60.7 Å². The number of halogens is 1. The van der Waals surface area contributed by atoms with Gasteiger partial charge in [0.2, 0.25) is 0 Å². The Kier molecular flexibility index (Phi) is 10.3. The summed E-state index contributed by atoms with van der Waals surface area (Å²) in [5.41, 5.74) is 1.69. The number of sulfonamides is 1. The maximum Gasteiger partial charge on any atom is 0.264 e. The van der Waals surface area contributed by atoms with Gasteiger partial charge < -0.3 is 9.64 Å². The number of ether oxygens (including phenoxy) is 1. The Hall–Kier alpha value is -3.18. The van der Waals surface area contributed by atoms with Crippen LogP contribution in [0.3, 0.4) is 0 Å². The molecule has 0 aliphatic carbocycles. The van der Waals surface area contributed by atoms with E-state index in [0.29, 0.717) is 34.2 Å². The van der Waals surface area contributed by atoms with Crippen molar-refractivity contribution in [2.24, 2.45) is 0 Å². The third kappa shape index (κ3) is 6.70. The van der Waals surface area contributed by atoms with E-state index in [0.717, 1.165) is 17.7 Å². The van der Waals surface area contributed by atoms with Crippen molar-refractivity contribution in [1.82, 2.24) is 9.88 Å². The molecule has 0 spiro atoms. The van der Waals surface area contributed by atoms with Crippen LogP contribution in [-0.4, -0.2) is 65.0 Å². The summed E-state index contributed by atoms with van der Waals surface area (Å²) in [5.74, 6) is 0.417. The van der Waals surface area contributed by atoms with Crippen LogP contribution in [0.5, 0.6) is 5.75 Å². The zero-order valence-electron chi connectivity index (χ0n) is 22.4. The number of amides is 1. The molecule has 208 valence electrons. The van der Waals surface area contributed by atoms with Crippen LogP contribution in [0.4, 0.5) is 10.8 Å². The van der Waals surface area contributed by atoms with E-state index in [1.807, 2.05) is 38.4 Å². The first kappa shape index (κ1) is 30.4. The molecule has 4 rings (SSSR count). The molecule has 4 aromatic rings. The van der Waals surface area contributed by atoms with Crippen molar-refractivity contribution in [3.63, 3.8) is 0 Å². The molecule has 11 heteroatoms. The summed E-state index contributed by atoms with van der Waals surface area (Å²) in [5, 5.41) is 0.575. The van der Waals surface area contributed by atoms with Gasteiger partial charge in [-0.2, -0.15) is 0 Å². The number of methoxy groups -OCH3 is 1. The molecule has 0 radical (unpaired) electrons. The van der Waals surface area contributed by atoms with Crippen molar-refractivity contribution in [2.75, 3.05) is 50.0 Å². The van der Waals surface area contributed by atoms with Gasteiger partial charge in [0.05, 0.1) is 22.4 Å². The molecule has 0 bridgehead atoms. The predicted molar refractivity (Wildman–Crippen MR) is 161 cm³/mol. The van der Waals surface area contributed by atoms with Gasteiger partial charge in [0.25, 0.3) is 15.9 Å². The molecule has 0 saturated heterocycles. The smallest absolute Gasteiger partial charge is 0.264 e. The number of carbonyl (C=O) groups is 1. The van der Waals surface area contributed by atoms with E-state index in [1.165, 1.54) is 27.8 Å². The van der Waals surface area contributed by atoms with Crippen molar-refractivity contribution in [1.29, 1.82) is 0 Å². The fourth-order valence-corrected chi connectivity index (χ4v) is 6.64. The monoisotopic (exact) mass is 588 g/mol. The molecular weight excluding hydrogens is 556 g/mol. The van der Waals surface area contributed by atoms with E-state index in [9.17, 15) is 13.2 Å². The molecule has 0 fully saturated rings. The highest BCUT2D eigenvalue weighted by Gasteiger charge is 2.26. The predicted octanol–water partition coefficient (Wildman–Crippen LogP) is 5.54. The number of fused-ring (bicyclic) bond motifs is 1. The average Bonchev–Trinajstić information content (AvgIpc) is 3.36. The molecule has 0 atom stereocenters. The summed E-state index contributed by atoms with van der Waals surface area (Å²) < 4.78 is 34.5. The maximum atomic E-state index is 13.7. The van der Waals surface area contributed by atoms with Gasteiger partial charge in [0.15, 0.2) is 5.13 Å². The molecule has 1 aromatic heterocycles. The Bertz CT molecular complexity index is 1490. The van der Waals surface area contributed by atoms with Gasteiger partial charge in [-0.1, -0.05) is 35.6 Å². The fourth-order valence-electron chi connectivity index (χ4n) is 4.16. The highest BCUT2D eigenvalue weighted by atomic mass is 35.5. The number of carbonyl (C=O) groups excluding carboxylic acids is 1. The molecule has 8 nitrogen and oxygen atoms in total. The van der Waals surface area contributed by atoms with E-state index >= 15 is 0 Å². The van der Waals surface area contributed by atoms with Crippen LogP contribution in [0.25, 0.3) is 10.2 Å². The second-order valence-electron chi connectivity index (χ2n) is 8.95. The molecule has 0 unspecified atom stereocenters. The van der Waals surface area contributed by atoms with Crippen LogP contribution in [-0.2, 0) is 10.0 Å². The lowest BCUT2D eigenvalue weighted by Gasteiger charge is -2.23. The number of hydrogen-bond donors (Lipinski definition) is 0. The minimum absolute atomic E-state index is 0. The number of hydrogen-bond acceptors (Lipinski definition) is 7. The minimum Gasteiger partial charge on any atom is -0.494 e. The number of thiazole rings is 1. The molecule has 1 heterocycles. The lowest BCUT2D eigenvalue weighted by Crippen LogP contribution is -2.33. The second kappa shape index (κ2) is 13.3. The molecule has 39 heavy (non-hydrogen) atoms. The number of anilines is 2. The first-order chi connectivity index (χ1) is 18.3. The summed E-state index contributed by atoms with van der Waals surface area (Å²) in [6, 6.07) is 20.8. The zero-order chi connectivity index (χ0) is 27.3. The van der Waals surface area contributed by atoms with Crippen LogP contribution < -0.4 is 13.9 Å². The molecule has 0 saturated carbocycles. The first-order valence-corrected chi connectivity index (χ1v) is 14.6. The van der Waals surface area contributed by atoms with E-state index in [-0.39, 0.29) is 29.8 Å². The highest BCUT2D eigenvalue weighted by Crippen LogP contribution is 2.35. The topological polar surface area (TPSA) is 83.1 Å². The Balaban J connectivity index is 0.00000420. The highest BCUT2D eigenvalue weighted by molar-refractivity contribution is 7.92. The molecular formula is C28H33ClN4O4S2. The third-order valence-corrected chi connectivity index (χ3v) is 9.04. The molecule has 0 aliphatic heterocycles. The largest absolute Gasteiger partial charge is 0.494 e. The Labute approximate surface area is 240 Å². The lowest BCUT2D eigenvalue weighted by molar-refractivity contribution is 0.0986. The van der Waals surface area contributed by atoms with Crippen LogP contribution >= 0.6 is 23.7 Å². The molecule has 0 aliphatic rings. The van der Waals surface area contributed by atoms with Crippen LogP contribution in [0.1, 0.15) is 23.7 Å². The summed E-state index contributed by atoms with van der Waals surface area (Å²) >= 11 is 1.43. The van der Waals surface area contributed by atoms with Gasteiger partial charge in [-0.15, -0.1) is 12.4 Å². The number of nitrogens with zero attached hydrogens (tertiary/aromatic N) is 4. The maximum absolute atomic E-state index is 13.7. The average molecular weight is 589 g/mol. The van der Waals surface area contributed by atoms with E-state index in [2.05, 4.69) is 4.90 Å². The van der Waals surface area contributed by atoms with Gasteiger partial charge in [0.1, 0.15) is 11.3 Å². The number of aromatic nitrogens is 1. The van der Waals surface area contributed by atoms with Crippen molar-refractivity contribution in [3.8, 4) is 5.75 Å². The van der Waals surface area contributed by atoms with Gasteiger partial charge in [0, 0.05) is 18.7 Å². The van der Waals surface area contributed by atoms with Crippen molar-refractivity contribution in [3.05, 3.63) is 78.4 Å². The van der Waals surface area contributed by atoms with Gasteiger partial charge in [-0.25, -0.2) is 13.4 Å².